The van der Waals surface area contributed by atoms with Crippen LogP contribution < -0.4 is 15.0 Å². The molecule has 2 aliphatic rings. The summed E-state index contributed by atoms with van der Waals surface area (Å²) in [6, 6.07) is 11.9. The zero-order chi connectivity index (χ0) is 26.7. The van der Waals surface area contributed by atoms with E-state index < -0.39 is 29.5 Å². The van der Waals surface area contributed by atoms with Crippen LogP contribution in [0.15, 0.2) is 48.5 Å². The number of carboxylic acids is 1. The van der Waals surface area contributed by atoms with Crippen LogP contribution in [-0.4, -0.2) is 60.1 Å². The molecule has 196 valence electrons. The Bertz CT molecular complexity index is 1150. The van der Waals surface area contributed by atoms with Gasteiger partial charge in [-0.15, -0.1) is 0 Å². The molecule has 1 heterocycles. The fourth-order valence-corrected chi connectivity index (χ4v) is 5.23. The second kappa shape index (κ2) is 10.6. The van der Waals surface area contributed by atoms with Crippen LogP contribution in [0.5, 0.6) is 5.75 Å². The van der Waals surface area contributed by atoms with Gasteiger partial charge in [-0.2, -0.15) is 0 Å². The quantitative estimate of drug-likeness (QED) is 0.529. The van der Waals surface area contributed by atoms with E-state index in [4.69, 9.17) is 4.74 Å². The first-order valence-electron chi connectivity index (χ1n) is 12.6. The molecule has 2 N–H and O–H groups in total. The van der Waals surface area contributed by atoms with Crippen molar-refractivity contribution in [1.82, 2.24) is 10.2 Å². The number of hydrogen-bond acceptors (Lipinski definition) is 5. The van der Waals surface area contributed by atoms with E-state index in [-0.39, 0.29) is 18.2 Å². The van der Waals surface area contributed by atoms with E-state index in [1.54, 1.807) is 45.3 Å². The molecule has 1 aliphatic carbocycles. The van der Waals surface area contributed by atoms with E-state index in [0.29, 0.717) is 29.8 Å². The molecule has 0 spiro atoms. The number of nitrogens with one attached hydrogen (secondary N) is 1. The molecule has 2 aromatic carbocycles. The number of carbonyl (C=O) groups excluding carboxylic acids is 3. The topological polar surface area (TPSA) is 116 Å². The molecule has 2 fully saturated rings. The smallest absolute Gasteiger partial charge is 0.331 e. The van der Waals surface area contributed by atoms with Crippen LogP contribution in [0.2, 0.25) is 0 Å². The second-order valence-electron chi connectivity index (χ2n) is 9.85. The third-order valence-corrected chi connectivity index (χ3v) is 7.67. The summed E-state index contributed by atoms with van der Waals surface area (Å²) in [6.45, 7) is 1.67. The Morgan fingerprint density at radius 3 is 2.19 bits per heavy atom. The van der Waals surface area contributed by atoms with E-state index >= 15 is 0 Å². The summed E-state index contributed by atoms with van der Waals surface area (Å²) >= 11 is 0. The molecule has 4 rings (SSSR count). The van der Waals surface area contributed by atoms with Gasteiger partial charge in [0, 0.05) is 13.5 Å². The van der Waals surface area contributed by atoms with Crippen molar-refractivity contribution in [2.75, 3.05) is 19.1 Å². The summed E-state index contributed by atoms with van der Waals surface area (Å²) in [5.74, 6) is -1.03. The first-order valence-corrected chi connectivity index (χ1v) is 12.6. The Hall–Kier alpha value is -3.88. The molecular weight excluding hydrogens is 474 g/mol. The average Bonchev–Trinajstić information content (AvgIpc) is 3.11. The summed E-state index contributed by atoms with van der Waals surface area (Å²) in [4.78, 5) is 53.2. The Morgan fingerprint density at radius 2 is 1.68 bits per heavy atom. The number of hydrogen-bond donors (Lipinski definition) is 2. The number of ether oxygens (including phenoxy) is 1. The number of benzene rings is 2. The molecule has 1 aliphatic heterocycles. The number of aliphatic carboxylic acids is 1. The zero-order valence-corrected chi connectivity index (χ0v) is 21.4. The highest BCUT2D eigenvalue weighted by molar-refractivity contribution is 6.21. The molecule has 2 aromatic rings. The number of carbonyl (C=O) groups is 4. The Balaban J connectivity index is 1.51. The van der Waals surface area contributed by atoms with Crippen molar-refractivity contribution in [3.05, 3.63) is 59.7 Å². The van der Waals surface area contributed by atoms with Gasteiger partial charge in [0.05, 0.1) is 18.2 Å². The lowest BCUT2D eigenvalue weighted by Gasteiger charge is -2.37. The van der Waals surface area contributed by atoms with E-state index in [1.165, 1.54) is 4.90 Å². The summed E-state index contributed by atoms with van der Waals surface area (Å²) < 4.78 is 5.25. The number of nitrogens with zero attached hydrogens (tertiary/aromatic N) is 2. The largest absolute Gasteiger partial charge is 0.497 e. The summed E-state index contributed by atoms with van der Waals surface area (Å²) in [5, 5.41) is 12.7. The Labute approximate surface area is 216 Å². The lowest BCUT2D eigenvalue weighted by molar-refractivity contribution is -0.143. The van der Waals surface area contributed by atoms with Crippen LogP contribution in [0.3, 0.4) is 0 Å². The number of likely N-dealkylation sites (N-methyl/N-ethyl adjacent to an activating group) is 1. The fourth-order valence-electron chi connectivity index (χ4n) is 5.23. The molecule has 1 unspecified atom stereocenters. The molecule has 1 saturated heterocycles. The number of methoxy groups -OCH3 is 1. The molecule has 1 saturated carbocycles. The average molecular weight is 508 g/mol. The minimum Gasteiger partial charge on any atom is -0.497 e. The Morgan fingerprint density at radius 1 is 1.05 bits per heavy atom. The molecule has 0 aromatic heterocycles. The minimum atomic E-state index is -1.13. The third kappa shape index (κ3) is 5.03. The van der Waals surface area contributed by atoms with Gasteiger partial charge in [0.2, 0.25) is 5.91 Å². The predicted molar refractivity (Wildman–Crippen MR) is 138 cm³/mol. The lowest BCUT2D eigenvalue weighted by Crippen LogP contribution is -2.52. The fraction of sp³-hybridized carbons (Fsp3) is 0.429. The minimum absolute atomic E-state index is 0.0677. The summed E-state index contributed by atoms with van der Waals surface area (Å²) in [5.41, 5.74) is 1.16. The highest BCUT2D eigenvalue weighted by atomic mass is 16.5. The van der Waals surface area contributed by atoms with Crippen molar-refractivity contribution in [3.8, 4) is 5.75 Å². The SMILES string of the molecule is COc1ccc(C2(C(=O)N[C@@H](Cc3ccc(N4C(=O)C(C)N(C)C4=O)cc3)C(=O)O)CCCCC2)cc1. The third-order valence-electron chi connectivity index (χ3n) is 7.67. The van der Waals surface area contributed by atoms with E-state index in [2.05, 4.69) is 5.32 Å². The molecule has 0 radical (unpaired) electrons. The number of carboxylic acid groups (broad SMARTS) is 1. The number of anilines is 1. The number of amides is 4. The van der Waals surface area contributed by atoms with Crippen LogP contribution in [0.25, 0.3) is 0 Å². The maximum Gasteiger partial charge on any atom is 0.331 e. The maximum atomic E-state index is 13.6. The first-order chi connectivity index (χ1) is 17.7. The van der Waals surface area contributed by atoms with Crippen LogP contribution in [0.1, 0.15) is 50.2 Å². The maximum absolute atomic E-state index is 13.6. The molecule has 4 amide bonds. The number of urea groups is 1. The summed E-state index contributed by atoms with van der Waals surface area (Å²) in [6.07, 6.45) is 4.18. The van der Waals surface area contributed by atoms with Crippen molar-refractivity contribution < 1.29 is 29.0 Å². The molecule has 0 bridgehead atoms. The van der Waals surface area contributed by atoms with Gasteiger partial charge in [0.15, 0.2) is 0 Å². The van der Waals surface area contributed by atoms with Crippen molar-refractivity contribution in [3.63, 3.8) is 0 Å². The van der Waals surface area contributed by atoms with Gasteiger partial charge in [-0.3, -0.25) is 9.59 Å². The van der Waals surface area contributed by atoms with Crippen molar-refractivity contribution in [2.45, 2.75) is 62.9 Å². The molecule has 9 heteroatoms. The highest BCUT2D eigenvalue weighted by Crippen LogP contribution is 2.40. The molecule has 2 atom stereocenters. The van der Waals surface area contributed by atoms with Gasteiger partial charge in [-0.05, 0) is 55.2 Å². The first kappa shape index (κ1) is 26.2. The van der Waals surface area contributed by atoms with Crippen LogP contribution >= 0.6 is 0 Å². The lowest BCUT2D eigenvalue weighted by atomic mass is 9.68. The highest BCUT2D eigenvalue weighted by Gasteiger charge is 2.43. The van der Waals surface area contributed by atoms with Crippen molar-refractivity contribution in [2.24, 2.45) is 0 Å². The van der Waals surface area contributed by atoms with Gasteiger partial charge < -0.3 is 20.1 Å². The monoisotopic (exact) mass is 507 g/mol. The second-order valence-corrected chi connectivity index (χ2v) is 9.85. The number of rotatable bonds is 8. The van der Waals surface area contributed by atoms with Gasteiger partial charge >= 0.3 is 12.0 Å². The van der Waals surface area contributed by atoms with Gasteiger partial charge in [0.25, 0.3) is 5.91 Å². The molecular formula is C28H33N3O6. The molecule has 37 heavy (non-hydrogen) atoms. The number of imide groups is 1. The summed E-state index contributed by atoms with van der Waals surface area (Å²) in [7, 11) is 3.16. The van der Waals surface area contributed by atoms with E-state index in [0.717, 1.165) is 29.7 Å². The normalized spacial score (nSPS) is 20.0. The van der Waals surface area contributed by atoms with Crippen molar-refractivity contribution >= 4 is 29.5 Å². The van der Waals surface area contributed by atoms with Crippen molar-refractivity contribution in [1.29, 1.82) is 0 Å². The predicted octanol–water partition coefficient (Wildman–Crippen LogP) is 3.50. The van der Waals surface area contributed by atoms with E-state index in [9.17, 15) is 24.3 Å². The van der Waals surface area contributed by atoms with Gasteiger partial charge in [-0.1, -0.05) is 43.5 Å². The van der Waals surface area contributed by atoms with Gasteiger partial charge in [0.1, 0.15) is 17.8 Å². The molecule has 9 nitrogen and oxygen atoms in total. The zero-order valence-electron chi connectivity index (χ0n) is 21.4. The van der Waals surface area contributed by atoms with Crippen LogP contribution in [0.4, 0.5) is 10.5 Å². The van der Waals surface area contributed by atoms with Gasteiger partial charge in [-0.25, -0.2) is 14.5 Å². The van der Waals surface area contributed by atoms with E-state index in [1.807, 2.05) is 24.3 Å². The van der Waals surface area contributed by atoms with Crippen LogP contribution in [0, 0.1) is 0 Å². The van der Waals surface area contributed by atoms with Crippen LogP contribution in [-0.2, 0) is 26.2 Å². The Kier molecular flexibility index (Phi) is 7.52. The standard InChI is InChI=1S/C28H33N3O6/c1-18-24(32)31(27(36)30(18)2)21-11-7-19(8-12-21)17-23(25(33)34)29-26(35)28(15-5-4-6-16-28)20-9-13-22(37-3)14-10-20/h7-14,18,23H,4-6,15-17H2,1-3H3,(H,29,35)(H,33,34)/t18?,23-/m0/s1.